The van der Waals surface area contributed by atoms with Crippen molar-refractivity contribution in [2.24, 2.45) is 0 Å². The molecule has 0 bridgehead atoms. The molecule has 134 valence electrons. The first-order valence-electron chi connectivity index (χ1n) is 8.88. The number of rotatable bonds is 2. The number of carbonyl (C=O) groups is 1. The molecule has 1 aromatic carbocycles. The lowest BCUT2D eigenvalue weighted by Crippen LogP contribution is -2.33. The van der Waals surface area contributed by atoms with E-state index in [2.05, 4.69) is 16.4 Å². The molecule has 4 nitrogen and oxygen atoms in total. The average molecular weight is 376 g/mol. The molecule has 0 saturated carbocycles. The van der Waals surface area contributed by atoms with Gasteiger partial charge in [-0.2, -0.15) is 5.26 Å². The fourth-order valence-corrected chi connectivity index (χ4v) is 4.16. The summed E-state index contributed by atoms with van der Waals surface area (Å²) in [6, 6.07) is 13.7. The summed E-state index contributed by atoms with van der Waals surface area (Å²) in [5.41, 5.74) is 4.98. The molecule has 0 radical (unpaired) electrons. The molecule has 0 spiro atoms. The summed E-state index contributed by atoms with van der Waals surface area (Å²) in [5.74, 6) is -0.163. The second-order valence-electron chi connectivity index (χ2n) is 6.97. The van der Waals surface area contributed by atoms with E-state index in [9.17, 15) is 10.1 Å². The quantitative estimate of drug-likeness (QED) is 0.831. The van der Waals surface area contributed by atoms with Gasteiger partial charge in [-0.15, -0.1) is 0 Å². The number of pyridine rings is 1. The molecule has 2 aromatic rings. The van der Waals surface area contributed by atoms with Crippen molar-refractivity contribution >= 4 is 17.4 Å². The number of ketones is 1. The van der Waals surface area contributed by atoms with Gasteiger partial charge in [0.1, 0.15) is 0 Å². The number of nitriles is 1. The number of benzene rings is 1. The van der Waals surface area contributed by atoms with E-state index in [0.29, 0.717) is 22.6 Å². The summed E-state index contributed by atoms with van der Waals surface area (Å²) in [7, 11) is 0. The van der Waals surface area contributed by atoms with Gasteiger partial charge in [-0.1, -0.05) is 29.8 Å². The second kappa shape index (κ2) is 7.02. The Labute approximate surface area is 163 Å². The van der Waals surface area contributed by atoms with E-state index in [0.717, 1.165) is 28.9 Å². The van der Waals surface area contributed by atoms with Crippen molar-refractivity contribution in [3.8, 4) is 6.07 Å². The SMILES string of the molecule is CC1=C(C#N)[C@H](c2cccnc2)C2=C(C[C@H](c3ccc(Cl)cc3)CC2=O)N1. The van der Waals surface area contributed by atoms with Gasteiger partial charge in [0.25, 0.3) is 0 Å². The van der Waals surface area contributed by atoms with Crippen LogP contribution in [0.4, 0.5) is 0 Å². The number of Topliss-reactive ketones (excluding diaryl/α,β-unsaturated/α-hetero) is 1. The van der Waals surface area contributed by atoms with E-state index in [1.807, 2.05) is 43.3 Å². The lowest BCUT2D eigenvalue weighted by molar-refractivity contribution is -0.116. The van der Waals surface area contributed by atoms with Gasteiger partial charge in [-0.3, -0.25) is 9.78 Å². The maximum atomic E-state index is 13.2. The van der Waals surface area contributed by atoms with Crippen molar-refractivity contribution < 1.29 is 4.79 Å². The third-order valence-electron chi connectivity index (χ3n) is 5.31. The number of dihydropyridines is 1. The van der Waals surface area contributed by atoms with E-state index in [1.54, 1.807) is 12.4 Å². The monoisotopic (exact) mass is 375 g/mol. The highest BCUT2D eigenvalue weighted by Gasteiger charge is 2.38. The van der Waals surface area contributed by atoms with Crippen molar-refractivity contribution in [3.63, 3.8) is 0 Å². The van der Waals surface area contributed by atoms with Crippen molar-refractivity contribution in [1.29, 1.82) is 5.26 Å². The number of aromatic nitrogens is 1. The van der Waals surface area contributed by atoms with Crippen molar-refractivity contribution in [1.82, 2.24) is 10.3 Å². The second-order valence-corrected chi connectivity index (χ2v) is 7.40. The van der Waals surface area contributed by atoms with Crippen LogP contribution in [0.25, 0.3) is 0 Å². The minimum atomic E-state index is -0.349. The smallest absolute Gasteiger partial charge is 0.162 e. The van der Waals surface area contributed by atoms with Crippen LogP contribution in [0.1, 0.15) is 42.7 Å². The van der Waals surface area contributed by atoms with Gasteiger partial charge < -0.3 is 5.32 Å². The van der Waals surface area contributed by atoms with Gasteiger partial charge >= 0.3 is 0 Å². The highest BCUT2D eigenvalue weighted by molar-refractivity contribution is 6.30. The van der Waals surface area contributed by atoms with E-state index in [4.69, 9.17) is 11.6 Å². The fraction of sp³-hybridized carbons (Fsp3) is 0.227. The first-order valence-corrected chi connectivity index (χ1v) is 9.25. The van der Waals surface area contributed by atoms with Crippen LogP contribution in [-0.4, -0.2) is 10.8 Å². The maximum absolute atomic E-state index is 13.2. The molecule has 2 heterocycles. The van der Waals surface area contributed by atoms with Crippen LogP contribution in [0.15, 0.2) is 71.3 Å². The van der Waals surface area contributed by atoms with E-state index < -0.39 is 0 Å². The van der Waals surface area contributed by atoms with Crippen LogP contribution in [0, 0.1) is 11.3 Å². The third kappa shape index (κ3) is 3.15. The normalized spacial score (nSPS) is 22.2. The molecule has 0 amide bonds. The molecule has 1 aliphatic carbocycles. The molecule has 27 heavy (non-hydrogen) atoms. The van der Waals surface area contributed by atoms with E-state index >= 15 is 0 Å². The third-order valence-corrected chi connectivity index (χ3v) is 5.56. The van der Waals surface area contributed by atoms with Gasteiger partial charge in [0, 0.05) is 40.8 Å². The topological polar surface area (TPSA) is 65.8 Å². The Morgan fingerprint density at radius 2 is 1.96 bits per heavy atom. The first-order chi connectivity index (χ1) is 13.1. The summed E-state index contributed by atoms with van der Waals surface area (Å²) in [5, 5.41) is 13.7. The van der Waals surface area contributed by atoms with Crippen LogP contribution in [-0.2, 0) is 4.79 Å². The molecule has 0 saturated heterocycles. The van der Waals surface area contributed by atoms with Crippen molar-refractivity contribution in [3.05, 3.63) is 87.5 Å². The molecular weight excluding hydrogens is 358 g/mol. The summed E-state index contributed by atoms with van der Waals surface area (Å²) in [6.45, 7) is 1.89. The zero-order chi connectivity index (χ0) is 19.0. The fourth-order valence-electron chi connectivity index (χ4n) is 4.04. The average Bonchev–Trinajstić information content (AvgIpc) is 2.68. The Kier molecular flexibility index (Phi) is 4.55. The zero-order valence-corrected chi connectivity index (χ0v) is 15.6. The molecule has 0 fully saturated rings. The number of allylic oxidation sites excluding steroid dienone is 4. The minimum Gasteiger partial charge on any atom is -0.361 e. The van der Waals surface area contributed by atoms with Gasteiger partial charge in [0.05, 0.1) is 17.6 Å². The number of carbonyl (C=O) groups excluding carboxylic acids is 1. The summed E-state index contributed by atoms with van der Waals surface area (Å²) in [4.78, 5) is 17.3. The molecule has 2 aliphatic rings. The molecule has 4 rings (SSSR count). The van der Waals surface area contributed by atoms with E-state index in [1.165, 1.54) is 0 Å². The number of hydrogen-bond donors (Lipinski definition) is 1. The van der Waals surface area contributed by atoms with E-state index in [-0.39, 0.29) is 17.6 Å². The number of halogens is 1. The zero-order valence-electron chi connectivity index (χ0n) is 14.9. The summed E-state index contributed by atoms with van der Waals surface area (Å²) >= 11 is 6.00. The first kappa shape index (κ1) is 17.5. The summed E-state index contributed by atoms with van der Waals surface area (Å²) < 4.78 is 0. The van der Waals surface area contributed by atoms with Gasteiger partial charge in [0.2, 0.25) is 0 Å². The Balaban J connectivity index is 1.77. The maximum Gasteiger partial charge on any atom is 0.162 e. The Hall–Kier alpha value is -2.90. The Bertz CT molecular complexity index is 1000. The number of hydrogen-bond acceptors (Lipinski definition) is 4. The van der Waals surface area contributed by atoms with Crippen molar-refractivity contribution in [2.75, 3.05) is 0 Å². The Morgan fingerprint density at radius 3 is 2.63 bits per heavy atom. The molecule has 1 N–H and O–H groups in total. The highest BCUT2D eigenvalue weighted by atomic mass is 35.5. The largest absolute Gasteiger partial charge is 0.361 e. The lowest BCUT2D eigenvalue weighted by Gasteiger charge is -2.35. The minimum absolute atomic E-state index is 0.0813. The molecular formula is C22H18ClN3O. The van der Waals surface area contributed by atoms with Gasteiger partial charge in [-0.25, -0.2) is 0 Å². The molecule has 0 unspecified atom stereocenters. The van der Waals surface area contributed by atoms with Crippen LogP contribution >= 0.6 is 11.6 Å². The van der Waals surface area contributed by atoms with Crippen LogP contribution < -0.4 is 5.32 Å². The molecule has 2 atom stereocenters. The molecule has 5 heteroatoms. The predicted molar refractivity (Wildman–Crippen MR) is 104 cm³/mol. The lowest BCUT2D eigenvalue weighted by atomic mass is 9.72. The molecule has 1 aliphatic heterocycles. The predicted octanol–water partition coefficient (Wildman–Crippen LogP) is 4.62. The standard InChI is InChI=1S/C22H18ClN3O/c1-13-18(11-24)21(15-3-2-8-25-12-15)22-19(26-13)9-16(10-20(22)27)14-4-6-17(23)7-5-14/h2-8,12,16,21,26H,9-10H2,1H3/t16-,21-/m0/s1. The highest BCUT2D eigenvalue weighted by Crippen LogP contribution is 2.44. The molecule has 1 aromatic heterocycles. The van der Waals surface area contributed by atoms with Crippen LogP contribution in [0.2, 0.25) is 5.02 Å². The van der Waals surface area contributed by atoms with Crippen molar-refractivity contribution in [2.45, 2.75) is 31.6 Å². The van der Waals surface area contributed by atoms with Gasteiger partial charge in [-0.05, 0) is 48.6 Å². The number of nitrogens with one attached hydrogen (secondary N) is 1. The number of nitrogens with zero attached hydrogens (tertiary/aromatic N) is 2. The van der Waals surface area contributed by atoms with Crippen LogP contribution in [0.3, 0.4) is 0 Å². The summed E-state index contributed by atoms with van der Waals surface area (Å²) in [6.07, 6.45) is 4.59. The van der Waals surface area contributed by atoms with Gasteiger partial charge in [0.15, 0.2) is 5.78 Å². The van der Waals surface area contributed by atoms with Crippen LogP contribution in [0.5, 0.6) is 0 Å². The Morgan fingerprint density at radius 1 is 1.19 bits per heavy atom.